The van der Waals surface area contributed by atoms with Gasteiger partial charge >= 0.3 is 6.18 Å². The number of nitrogens with zero attached hydrogens (tertiary/aromatic N) is 2. The number of alkyl halides is 3. The van der Waals surface area contributed by atoms with E-state index in [1.54, 1.807) is 24.1 Å². The second-order valence-corrected chi connectivity index (χ2v) is 9.05. The Bertz CT molecular complexity index is 1500. The fraction of sp³-hybridized carbons (Fsp3) is 0.179. The van der Waals surface area contributed by atoms with E-state index in [4.69, 9.17) is 0 Å². The maximum atomic E-state index is 13.1. The zero-order valence-electron chi connectivity index (χ0n) is 20.4. The number of carbonyl (C=O) groups is 2. The first-order valence-corrected chi connectivity index (χ1v) is 11.9. The predicted molar refractivity (Wildman–Crippen MR) is 138 cm³/mol. The van der Waals surface area contributed by atoms with Crippen molar-refractivity contribution in [2.24, 2.45) is 0 Å². The van der Waals surface area contributed by atoms with Crippen molar-refractivity contribution in [3.63, 3.8) is 0 Å². The summed E-state index contributed by atoms with van der Waals surface area (Å²) < 4.78 is 39.0. The van der Waals surface area contributed by atoms with Crippen LogP contribution in [-0.2, 0) is 23.8 Å². The van der Waals surface area contributed by atoms with E-state index in [0.29, 0.717) is 35.5 Å². The number of benzene rings is 2. The Balaban J connectivity index is 1.43. The Kier molecular flexibility index (Phi) is 6.62. The lowest BCUT2D eigenvalue weighted by Gasteiger charge is -2.23. The molecule has 1 aliphatic rings. The van der Waals surface area contributed by atoms with Crippen LogP contribution in [-0.4, -0.2) is 40.3 Å². The molecule has 38 heavy (non-hydrogen) atoms. The van der Waals surface area contributed by atoms with Crippen molar-refractivity contribution in [1.29, 1.82) is 0 Å². The van der Waals surface area contributed by atoms with Gasteiger partial charge in [0.15, 0.2) is 0 Å². The smallest absolute Gasteiger partial charge is 0.356 e. The first kappa shape index (κ1) is 25.1. The standard InChI is InChI=1S/C28H24F3N5O2/c1-36-13-11-21-24(27(36)38)26(33-20-8-3-2-4-9-20)25(34-21)18-10-12-32-22(16-18)35-23(37)15-17-6-5-7-19(14-17)28(29,30)31/h2-10,12,14,16,33-34H,11,13,15H2,1H3,(H,32,35,37). The van der Waals surface area contributed by atoms with E-state index in [-0.39, 0.29) is 23.7 Å². The van der Waals surface area contributed by atoms with Crippen LogP contribution in [0, 0.1) is 0 Å². The highest BCUT2D eigenvalue weighted by atomic mass is 19.4. The molecule has 0 radical (unpaired) electrons. The van der Waals surface area contributed by atoms with Crippen molar-refractivity contribution < 1.29 is 22.8 Å². The van der Waals surface area contributed by atoms with Gasteiger partial charge in [-0.05, 0) is 35.9 Å². The maximum absolute atomic E-state index is 13.1. The number of likely N-dealkylation sites (N-methyl/N-ethyl adjacent to an activating group) is 1. The molecule has 194 valence electrons. The minimum absolute atomic E-state index is 0.101. The SMILES string of the molecule is CN1CCc2[nH]c(-c3ccnc(NC(=O)Cc4cccc(C(F)(F)F)c4)c3)c(Nc3ccccc3)c2C1=O. The number of amides is 2. The van der Waals surface area contributed by atoms with Crippen LogP contribution in [0.25, 0.3) is 11.3 Å². The number of aromatic nitrogens is 2. The molecule has 0 fully saturated rings. The molecule has 5 rings (SSSR count). The third-order valence-electron chi connectivity index (χ3n) is 6.31. The molecule has 3 N–H and O–H groups in total. The van der Waals surface area contributed by atoms with Gasteiger partial charge in [-0.2, -0.15) is 13.2 Å². The molecule has 10 heteroatoms. The van der Waals surface area contributed by atoms with Gasteiger partial charge in [0.1, 0.15) is 5.82 Å². The number of pyridine rings is 1. The van der Waals surface area contributed by atoms with Crippen LogP contribution < -0.4 is 10.6 Å². The number of hydrogen-bond acceptors (Lipinski definition) is 4. The summed E-state index contributed by atoms with van der Waals surface area (Å²) in [5.74, 6) is -0.365. The van der Waals surface area contributed by atoms with Crippen LogP contribution in [0.1, 0.15) is 27.2 Å². The third kappa shape index (κ3) is 5.24. The van der Waals surface area contributed by atoms with Crippen molar-refractivity contribution >= 4 is 29.0 Å². The number of fused-ring (bicyclic) bond motifs is 1. The largest absolute Gasteiger partial charge is 0.416 e. The number of aromatic amines is 1. The van der Waals surface area contributed by atoms with Crippen molar-refractivity contribution in [3.8, 4) is 11.3 Å². The highest BCUT2D eigenvalue weighted by Crippen LogP contribution is 2.38. The molecule has 4 aromatic rings. The number of para-hydroxylation sites is 1. The van der Waals surface area contributed by atoms with Gasteiger partial charge in [-0.3, -0.25) is 9.59 Å². The Morgan fingerprint density at radius 2 is 1.87 bits per heavy atom. The fourth-order valence-corrected chi connectivity index (χ4v) is 4.44. The van der Waals surface area contributed by atoms with Crippen LogP contribution in [0.5, 0.6) is 0 Å². The normalized spacial score (nSPS) is 13.3. The molecule has 7 nitrogen and oxygen atoms in total. The molecule has 2 aromatic heterocycles. The summed E-state index contributed by atoms with van der Waals surface area (Å²) in [7, 11) is 1.76. The van der Waals surface area contributed by atoms with E-state index in [9.17, 15) is 22.8 Å². The van der Waals surface area contributed by atoms with Gasteiger partial charge < -0.3 is 20.5 Å². The molecule has 3 heterocycles. The van der Waals surface area contributed by atoms with Crippen molar-refractivity contribution in [3.05, 3.63) is 95.3 Å². The number of H-pyrrole nitrogens is 1. The molecule has 1 aliphatic heterocycles. The van der Waals surface area contributed by atoms with Crippen LogP contribution in [0.4, 0.5) is 30.4 Å². The first-order valence-electron chi connectivity index (χ1n) is 11.9. The summed E-state index contributed by atoms with van der Waals surface area (Å²) >= 11 is 0. The van der Waals surface area contributed by atoms with E-state index >= 15 is 0 Å². The van der Waals surface area contributed by atoms with Gasteiger partial charge in [-0.15, -0.1) is 0 Å². The predicted octanol–water partition coefficient (Wildman–Crippen LogP) is 5.65. The summed E-state index contributed by atoms with van der Waals surface area (Å²) in [6.45, 7) is 0.587. The number of carbonyl (C=O) groups excluding carboxylic acids is 2. The third-order valence-corrected chi connectivity index (χ3v) is 6.31. The molecule has 0 unspecified atom stereocenters. The molecular weight excluding hydrogens is 495 g/mol. The van der Waals surface area contributed by atoms with Crippen LogP contribution >= 0.6 is 0 Å². The average Bonchev–Trinajstić information content (AvgIpc) is 3.25. The molecule has 0 bridgehead atoms. The monoisotopic (exact) mass is 519 g/mol. The second-order valence-electron chi connectivity index (χ2n) is 9.05. The highest BCUT2D eigenvalue weighted by molar-refractivity contribution is 6.06. The number of hydrogen-bond donors (Lipinski definition) is 3. The summed E-state index contributed by atoms with van der Waals surface area (Å²) in [4.78, 5) is 35.0. The van der Waals surface area contributed by atoms with Gasteiger partial charge in [0.25, 0.3) is 5.91 Å². The van der Waals surface area contributed by atoms with Crippen molar-refractivity contribution in [1.82, 2.24) is 14.9 Å². The van der Waals surface area contributed by atoms with Crippen LogP contribution in [0.3, 0.4) is 0 Å². The maximum Gasteiger partial charge on any atom is 0.416 e. The second kappa shape index (κ2) is 10.0. The molecule has 0 aliphatic carbocycles. The number of anilines is 3. The molecule has 0 saturated carbocycles. The van der Waals surface area contributed by atoms with Crippen LogP contribution in [0.2, 0.25) is 0 Å². The molecule has 0 spiro atoms. The van der Waals surface area contributed by atoms with Crippen LogP contribution in [0.15, 0.2) is 72.9 Å². The molecule has 0 saturated heterocycles. The van der Waals surface area contributed by atoms with Gasteiger partial charge in [0.2, 0.25) is 5.91 Å². The highest BCUT2D eigenvalue weighted by Gasteiger charge is 2.31. The Labute approximate surface area is 216 Å². The summed E-state index contributed by atoms with van der Waals surface area (Å²) in [5, 5.41) is 6.03. The quantitative estimate of drug-likeness (QED) is 0.307. The zero-order valence-corrected chi connectivity index (χ0v) is 20.4. The summed E-state index contributed by atoms with van der Waals surface area (Å²) in [6.07, 6.45) is -2.55. The van der Waals surface area contributed by atoms with E-state index in [2.05, 4.69) is 20.6 Å². The molecule has 2 aromatic carbocycles. The van der Waals surface area contributed by atoms with Crippen molar-refractivity contribution in [2.75, 3.05) is 24.2 Å². The Hall–Kier alpha value is -4.60. The fourth-order valence-electron chi connectivity index (χ4n) is 4.44. The van der Waals surface area contributed by atoms with E-state index in [0.717, 1.165) is 23.5 Å². The minimum atomic E-state index is -4.49. The first-order chi connectivity index (χ1) is 18.2. The lowest BCUT2D eigenvalue weighted by molar-refractivity contribution is -0.137. The van der Waals surface area contributed by atoms with E-state index in [1.165, 1.54) is 18.3 Å². The van der Waals surface area contributed by atoms with E-state index < -0.39 is 17.6 Å². The summed E-state index contributed by atoms with van der Waals surface area (Å²) in [5.41, 5.74) is 3.57. The minimum Gasteiger partial charge on any atom is -0.356 e. The van der Waals surface area contributed by atoms with Gasteiger partial charge in [-0.25, -0.2) is 4.98 Å². The van der Waals surface area contributed by atoms with E-state index in [1.807, 2.05) is 30.3 Å². The Morgan fingerprint density at radius 3 is 2.63 bits per heavy atom. The number of rotatable bonds is 6. The van der Waals surface area contributed by atoms with Gasteiger partial charge in [-0.1, -0.05) is 36.4 Å². The Morgan fingerprint density at radius 1 is 1.08 bits per heavy atom. The zero-order chi connectivity index (χ0) is 26.9. The number of halogens is 3. The molecule has 0 atom stereocenters. The van der Waals surface area contributed by atoms with Crippen molar-refractivity contribution in [2.45, 2.75) is 19.0 Å². The van der Waals surface area contributed by atoms with Gasteiger partial charge in [0.05, 0.1) is 28.9 Å². The molecular formula is C28H24F3N5O2. The lowest BCUT2D eigenvalue weighted by atomic mass is 10.0. The van der Waals surface area contributed by atoms with Gasteiger partial charge in [0, 0.05) is 43.2 Å². The molecule has 2 amide bonds. The lowest BCUT2D eigenvalue weighted by Crippen LogP contribution is -2.34. The number of nitrogens with one attached hydrogen (secondary N) is 3. The summed E-state index contributed by atoms with van der Waals surface area (Å²) in [6, 6.07) is 17.5. The topological polar surface area (TPSA) is 90.1 Å². The average molecular weight is 520 g/mol.